The van der Waals surface area contributed by atoms with E-state index in [1.165, 1.54) is 19.1 Å². The first-order chi connectivity index (χ1) is 21.6. The largest absolute Gasteiger partial charge is 0.497 e. The van der Waals surface area contributed by atoms with Crippen molar-refractivity contribution in [3.63, 3.8) is 0 Å². The molecular formula is C33H48N3O9P. The molecule has 3 atom stereocenters. The molecule has 13 heteroatoms. The van der Waals surface area contributed by atoms with E-state index in [1.54, 1.807) is 83.1 Å². The molecule has 0 aromatic heterocycles. The van der Waals surface area contributed by atoms with Crippen LogP contribution in [0.2, 0.25) is 0 Å². The number of carbonyl (C=O) groups excluding carboxylic acids is 3. The van der Waals surface area contributed by atoms with Crippen molar-refractivity contribution in [3.05, 3.63) is 48.5 Å². The standard InChI is InChI=1S/C33H48N3O9P/c1-21(2)28(34-32(39)43-33(5,6)7)31(38)36-20-10-11-27(36)29(37)35-30(22(3)4)46(40,44-25-16-12-23(41-8)13-17-25)45-26-18-14-24(42-9)15-19-26/h12-19,21-22,27-28,30H,10-11,20H2,1-9H3,(H,34,39)(H,35,37). The van der Waals surface area contributed by atoms with E-state index in [0.29, 0.717) is 30.9 Å². The maximum absolute atomic E-state index is 14.7. The highest BCUT2D eigenvalue weighted by Crippen LogP contribution is 2.54. The Hall–Kier alpha value is -3.92. The maximum Gasteiger partial charge on any atom is 0.453 e. The summed E-state index contributed by atoms with van der Waals surface area (Å²) in [7, 11) is -1.11. The van der Waals surface area contributed by atoms with Crippen LogP contribution in [0.1, 0.15) is 61.3 Å². The van der Waals surface area contributed by atoms with Gasteiger partial charge in [-0.2, -0.15) is 0 Å². The van der Waals surface area contributed by atoms with Crippen LogP contribution in [0.25, 0.3) is 0 Å². The predicted octanol–water partition coefficient (Wildman–Crippen LogP) is 5.99. The average Bonchev–Trinajstić information content (AvgIpc) is 3.48. The van der Waals surface area contributed by atoms with E-state index in [0.717, 1.165) is 0 Å². The molecule has 3 unspecified atom stereocenters. The summed E-state index contributed by atoms with van der Waals surface area (Å²) >= 11 is 0. The molecule has 254 valence electrons. The summed E-state index contributed by atoms with van der Waals surface area (Å²) in [6, 6.07) is 11.3. The van der Waals surface area contributed by atoms with E-state index in [2.05, 4.69) is 10.6 Å². The van der Waals surface area contributed by atoms with Crippen LogP contribution in [-0.4, -0.2) is 67.0 Å². The predicted molar refractivity (Wildman–Crippen MR) is 174 cm³/mol. The summed E-state index contributed by atoms with van der Waals surface area (Å²) in [6.07, 6.45) is 0.255. The maximum atomic E-state index is 14.7. The lowest BCUT2D eigenvalue weighted by atomic mass is 10.0. The third-order valence-electron chi connectivity index (χ3n) is 7.29. The molecule has 3 rings (SSSR count). The van der Waals surface area contributed by atoms with Gasteiger partial charge in [-0.3, -0.25) is 9.59 Å². The first kappa shape index (κ1) is 36.5. The number of rotatable bonds is 13. The summed E-state index contributed by atoms with van der Waals surface area (Å²) in [5.41, 5.74) is -0.744. The van der Waals surface area contributed by atoms with Crippen molar-refractivity contribution in [2.75, 3.05) is 20.8 Å². The van der Waals surface area contributed by atoms with Crippen LogP contribution in [-0.2, 0) is 18.9 Å². The van der Waals surface area contributed by atoms with Crippen LogP contribution in [0, 0.1) is 11.8 Å². The second-order valence-electron chi connectivity index (χ2n) is 12.8. The fraction of sp³-hybridized carbons (Fsp3) is 0.545. The van der Waals surface area contributed by atoms with Gasteiger partial charge >= 0.3 is 13.7 Å². The zero-order chi connectivity index (χ0) is 34.2. The number of ether oxygens (including phenoxy) is 3. The first-order valence-corrected chi connectivity index (χ1v) is 17.1. The lowest BCUT2D eigenvalue weighted by Crippen LogP contribution is -2.56. The Bertz CT molecular complexity index is 1320. The fourth-order valence-electron chi connectivity index (χ4n) is 4.98. The van der Waals surface area contributed by atoms with E-state index in [9.17, 15) is 18.9 Å². The molecule has 2 aromatic rings. The molecule has 3 amide bonds. The highest BCUT2D eigenvalue weighted by Gasteiger charge is 2.46. The summed E-state index contributed by atoms with van der Waals surface area (Å²) in [5.74, 6) is -1.00. The number of hydrogen-bond donors (Lipinski definition) is 2. The molecule has 2 N–H and O–H groups in total. The van der Waals surface area contributed by atoms with Gasteiger partial charge in [0.15, 0.2) is 5.78 Å². The Labute approximate surface area is 272 Å². The van der Waals surface area contributed by atoms with Crippen molar-refractivity contribution in [1.29, 1.82) is 0 Å². The number of methoxy groups -OCH3 is 2. The third-order valence-corrected chi connectivity index (χ3v) is 9.63. The summed E-state index contributed by atoms with van der Waals surface area (Å²) in [5, 5.41) is 5.58. The number of likely N-dealkylation sites (tertiary alicyclic amines) is 1. The van der Waals surface area contributed by atoms with Crippen molar-refractivity contribution in [2.45, 2.75) is 84.8 Å². The van der Waals surface area contributed by atoms with Crippen LogP contribution in [0.5, 0.6) is 23.0 Å². The van der Waals surface area contributed by atoms with Gasteiger partial charge < -0.3 is 38.8 Å². The smallest absolute Gasteiger partial charge is 0.453 e. The molecule has 1 aliphatic rings. The summed E-state index contributed by atoms with van der Waals surface area (Å²) in [6.45, 7) is 12.7. The Morgan fingerprint density at radius 1 is 0.804 bits per heavy atom. The Kier molecular flexibility index (Phi) is 12.4. The van der Waals surface area contributed by atoms with E-state index < -0.39 is 54.9 Å². The van der Waals surface area contributed by atoms with Crippen LogP contribution < -0.4 is 29.2 Å². The number of amides is 3. The first-order valence-electron chi connectivity index (χ1n) is 15.4. The molecule has 0 radical (unpaired) electrons. The van der Waals surface area contributed by atoms with Gasteiger partial charge in [0.25, 0.3) is 0 Å². The van der Waals surface area contributed by atoms with Gasteiger partial charge in [-0.15, -0.1) is 0 Å². The van der Waals surface area contributed by atoms with E-state index in [-0.39, 0.29) is 17.4 Å². The van der Waals surface area contributed by atoms with Crippen LogP contribution in [0.3, 0.4) is 0 Å². The minimum Gasteiger partial charge on any atom is -0.497 e. The minimum absolute atomic E-state index is 0.253. The zero-order valence-electron chi connectivity index (χ0n) is 28.2. The molecule has 0 saturated carbocycles. The highest BCUT2D eigenvalue weighted by atomic mass is 31.2. The molecule has 12 nitrogen and oxygen atoms in total. The summed E-state index contributed by atoms with van der Waals surface area (Å²) in [4.78, 5) is 41.7. The fourth-order valence-corrected chi connectivity index (χ4v) is 7.09. The topological polar surface area (TPSA) is 142 Å². The lowest BCUT2D eigenvalue weighted by molar-refractivity contribution is -0.141. The monoisotopic (exact) mass is 661 g/mol. The molecule has 0 bridgehead atoms. The van der Waals surface area contributed by atoms with Gasteiger partial charge in [0.05, 0.1) is 14.2 Å². The van der Waals surface area contributed by atoms with Gasteiger partial charge in [-0.25, -0.2) is 9.36 Å². The third kappa shape index (κ3) is 9.79. The van der Waals surface area contributed by atoms with Crippen LogP contribution in [0.15, 0.2) is 48.5 Å². The number of benzene rings is 2. The molecule has 46 heavy (non-hydrogen) atoms. The second-order valence-corrected chi connectivity index (χ2v) is 14.8. The van der Waals surface area contributed by atoms with Crippen molar-refractivity contribution in [3.8, 4) is 23.0 Å². The molecule has 2 aromatic carbocycles. The van der Waals surface area contributed by atoms with Gasteiger partial charge in [0.2, 0.25) is 11.8 Å². The molecule has 0 aliphatic carbocycles. The van der Waals surface area contributed by atoms with Crippen molar-refractivity contribution < 1.29 is 42.2 Å². The number of nitrogens with zero attached hydrogens (tertiary/aromatic N) is 1. The Balaban J connectivity index is 1.89. The highest BCUT2D eigenvalue weighted by molar-refractivity contribution is 7.55. The molecule has 1 fully saturated rings. The number of alkyl carbamates (subject to hydrolysis) is 1. The van der Waals surface area contributed by atoms with Crippen LogP contribution in [0.4, 0.5) is 4.79 Å². The summed E-state index contributed by atoms with van der Waals surface area (Å²) < 4.78 is 42.7. The molecule has 1 saturated heterocycles. The normalized spacial score (nSPS) is 16.4. The molecule has 1 aliphatic heterocycles. The quantitative estimate of drug-likeness (QED) is 0.248. The second kappa shape index (κ2) is 15.6. The minimum atomic E-state index is -4.18. The lowest BCUT2D eigenvalue weighted by Gasteiger charge is -2.34. The number of carbonyl (C=O) groups is 3. The molecule has 0 spiro atoms. The molecule has 1 heterocycles. The van der Waals surface area contributed by atoms with Gasteiger partial charge in [-0.05, 0) is 94.0 Å². The average molecular weight is 662 g/mol. The van der Waals surface area contributed by atoms with Gasteiger partial charge in [0, 0.05) is 6.54 Å². The van der Waals surface area contributed by atoms with Crippen molar-refractivity contribution in [2.24, 2.45) is 11.8 Å². The number of nitrogens with one attached hydrogen (secondary N) is 2. The van der Waals surface area contributed by atoms with Gasteiger partial charge in [0.1, 0.15) is 40.7 Å². The SMILES string of the molecule is COc1ccc(OP(=O)(Oc2ccc(OC)cc2)C(NC(=O)C2CCCN2C(=O)C(NC(=O)OC(C)(C)C)C(C)C)C(C)C)cc1. The Morgan fingerprint density at radius 2 is 1.28 bits per heavy atom. The molecular weight excluding hydrogens is 613 g/mol. The van der Waals surface area contributed by atoms with E-state index >= 15 is 0 Å². The number of hydrogen-bond acceptors (Lipinski definition) is 9. The van der Waals surface area contributed by atoms with E-state index in [1.807, 2.05) is 13.8 Å². The van der Waals surface area contributed by atoms with Crippen molar-refractivity contribution in [1.82, 2.24) is 15.5 Å². The van der Waals surface area contributed by atoms with Crippen LogP contribution >= 0.6 is 7.60 Å². The van der Waals surface area contributed by atoms with Gasteiger partial charge in [-0.1, -0.05) is 27.7 Å². The zero-order valence-corrected chi connectivity index (χ0v) is 29.1. The van der Waals surface area contributed by atoms with Crippen molar-refractivity contribution >= 4 is 25.5 Å². The Morgan fingerprint density at radius 3 is 1.70 bits per heavy atom. The van der Waals surface area contributed by atoms with E-state index in [4.69, 9.17) is 23.3 Å².